The molecule has 2 aromatic carbocycles. The van der Waals surface area contributed by atoms with Crippen LogP contribution in [0.5, 0.6) is 0 Å². The van der Waals surface area contributed by atoms with Gasteiger partial charge in [0.15, 0.2) is 10.8 Å². The lowest BCUT2D eigenvalue weighted by Crippen LogP contribution is -2.30. The van der Waals surface area contributed by atoms with Gasteiger partial charge < -0.3 is 5.32 Å². The zero-order valence-corrected chi connectivity index (χ0v) is 18.9. The van der Waals surface area contributed by atoms with Gasteiger partial charge in [-0.2, -0.15) is 5.10 Å². The van der Waals surface area contributed by atoms with Gasteiger partial charge in [-0.1, -0.05) is 59.3 Å². The number of carbonyl (C=O) groups excluding carboxylic acids is 1. The Kier molecular flexibility index (Phi) is 5.48. The van der Waals surface area contributed by atoms with Crippen molar-refractivity contribution in [3.05, 3.63) is 81.2 Å². The summed E-state index contributed by atoms with van der Waals surface area (Å²) >= 11 is 7.64. The summed E-state index contributed by atoms with van der Waals surface area (Å²) in [6.45, 7) is 2.37. The average molecular weight is 466 g/mol. The molecule has 162 valence electrons. The van der Waals surface area contributed by atoms with Crippen molar-refractivity contribution < 1.29 is 4.79 Å². The van der Waals surface area contributed by atoms with Crippen molar-refractivity contribution in [2.75, 3.05) is 5.75 Å². The zero-order chi connectivity index (χ0) is 22.2. The summed E-state index contributed by atoms with van der Waals surface area (Å²) in [5.41, 5.74) is 3.21. The largest absolute Gasteiger partial charge is 0.352 e. The van der Waals surface area contributed by atoms with Crippen LogP contribution in [-0.2, 0) is 11.3 Å². The van der Waals surface area contributed by atoms with Gasteiger partial charge in [0.2, 0.25) is 5.91 Å². The molecule has 0 radical (unpaired) electrons. The monoisotopic (exact) mass is 465 g/mol. The molecule has 1 atom stereocenters. The SMILES string of the molecule is Cc1ccc(-n2ncc3c(=O)n4c(nc32)SCC4CC(=O)NCc2ccccc2Cl)cc1. The van der Waals surface area contributed by atoms with Crippen LogP contribution in [0, 0.1) is 6.92 Å². The Morgan fingerprint density at radius 2 is 2.00 bits per heavy atom. The Hall–Kier alpha value is -3.10. The van der Waals surface area contributed by atoms with E-state index in [1.165, 1.54) is 11.8 Å². The van der Waals surface area contributed by atoms with Crippen molar-refractivity contribution in [2.24, 2.45) is 0 Å². The summed E-state index contributed by atoms with van der Waals surface area (Å²) in [6.07, 6.45) is 1.75. The molecule has 1 aliphatic heterocycles. The lowest BCUT2D eigenvalue weighted by molar-refractivity contribution is -0.121. The first-order valence-corrected chi connectivity index (χ1v) is 11.6. The van der Waals surface area contributed by atoms with E-state index in [4.69, 9.17) is 16.6 Å². The van der Waals surface area contributed by atoms with Crippen LogP contribution in [0.15, 0.2) is 64.7 Å². The molecular formula is C23H20ClN5O2S. The van der Waals surface area contributed by atoms with Gasteiger partial charge in [0.25, 0.3) is 5.56 Å². The zero-order valence-electron chi connectivity index (χ0n) is 17.3. The number of nitrogens with one attached hydrogen (secondary N) is 1. The van der Waals surface area contributed by atoms with Crippen LogP contribution in [0.2, 0.25) is 5.02 Å². The van der Waals surface area contributed by atoms with E-state index in [0.717, 1.165) is 16.8 Å². The molecule has 1 amide bonds. The number of fused-ring (bicyclic) bond motifs is 2. The van der Waals surface area contributed by atoms with E-state index in [9.17, 15) is 9.59 Å². The van der Waals surface area contributed by atoms with Crippen LogP contribution >= 0.6 is 23.4 Å². The fourth-order valence-electron chi connectivity index (χ4n) is 3.78. The maximum atomic E-state index is 13.2. The van der Waals surface area contributed by atoms with Gasteiger partial charge >= 0.3 is 0 Å². The maximum absolute atomic E-state index is 13.2. The second kappa shape index (κ2) is 8.44. The number of aryl methyl sites for hydroxylation is 1. The van der Waals surface area contributed by atoms with E-state index >= 15 is 0 Å². The normalized spacial score (nSPS) is 15.1. The molecule has 0 saturated carbocycles. The number of nitrogens with zero attached hydrogens (tertiary/aromatic N) is 4. The third kappa shape index (κ3) is 3.80. The van der Waals surface area contributed by atoms with Crippen molar-refractivity contribution in [1.82, 2.24) is 24.6 Å². The molecule has 3 heterocycles. The molecule has 9 heteroatoms. The highest BCUT2D eigenvalue weighted by Gasteiger charge is 2.29. The van der Waals surface area contributed by atoms with E-state index in [1.807, 2.05) is 49.4 Å². The number of amides is 1. The van der Waals surface area contributed by atoms with Gasteiger partial charge in [-0.25, -0.2) is 9.67 Å². The summed E-state index contributed by atoms with van der Waals surface area (Å²) in [6, 6.07) is 15.0. The minimum absolute atomic E-state index is 0.134. The van der Waals surface area contributed by atoms with Crippen LogP contribution in [0.3, 0.4) is 0 Å². The highest BCUT2D eigenvalue weighted by Crippen LogP contribution is 2.33. The molecule has 1 unspecified atom stereocenters. The van der Waals surface area contributed by atoms with Crippen LogP contribution in [0.25, 0.3) is 16.7 Å². The van der Waals surface area contributed by atoms with Crippen molar-refractivity contribution in [2.45, 2.75) is 31.1 Å². The van der Waals surface area contributed by atoms with Gasteiger partial charge in [-0.3, -0.25) is 14.2 Å². The Morgan fingerprint density at radius 3 is 2.78 bits per heavy atom. The van der Waals surface area contributed by atoms with Crippen molar-refractivity contribution in [3.8, 4) is 5.69 Å². The van der Waals surface area contributed by atoms with Crippen LogP contribution in [0.4, 0.5) is 0 Å². The van der Waals surface area contributed by atoms with E-state index in [2.05, 4.69) is 10.4 Å². The van der Waals surface area contributed by atoms with Crippen molar-refractivity contribution in [1.29, 1.82) is 0 Å². The highest BCUT2D eigenvalue weighted by atomic mass is 35.5. The first-order chi connectivity index (χ1) is 15.5. The smallest absolute Gasteiger partial charge is 0.265 e. The number of carbonyl (C=O) groups is 1. The summed E-state index contributed by atoms with van der Waals surface area (Å²) in [7, 11) is 0. The summed E-state index contributed by atoms with van der Waals surface area (Å²) < 4.78 is 3.31. The van der Waals surface area contributed by atoms with E-state index < -0.39 is 0 Å². The minimum atomic E-state index is -0.256. The molecule has 0 bridgehead atoms. The lowest BCUT2D eigenvalue weighted by atomic mass is 10.2. The van der Waals surface area contributed by atoms with Gasteiger partial charge in [0.1, 0.15) is 5.39 Å². The topological polar surface area (TPSA) is 81.8 Å². The second-order valence-corrected chi connectivity index (χ2v) is 9.13. The van der Waals surface area contributed by atoms with Crippen LogP contribution in [-0.4, -0.2) is 31.0 Å². The quantitative estimate of drug-likeness (QED) is 0.452. The Bertz CT molecular complexity index is 1380. The minimum Gasteiger partial charge on any atom is -0.352 e. The third-order valence-electron chi connectivity index (χ3n) is 5.50. The maximum Gasteiger partial charge on any atom is 0.265 e. The lowest BCUT2D eigenvalue weighted by Gasteiger charge is -2.14. The summed E-state index contributed by atoms with van der Waals surface area (Å²) in [4.78, 5) is 30.5. The highest BCUT2D eigenvalue weighted by molar-refractivity contribution is 7.99. The van der Waals surface area contributed by atoms with Crippen LogP contribution < -0.4 is 10.9 Å². The van der Waals surface area contributed by atoms with Gasteiger partial charge in [-0.05, 0) is 30.7 Å². The number of aromatic nitrogens is 4. The number of hydrogen-bond donors (Lipinski definition) is 1. The molecule has 7 nitrogen and oxygen atoms in total. The number of hydrogen-bond acceptors (Lipinski definition) is 5. The molecule has 32 heavy (non-hydrogen) atoms. The average Bonchev–Trinajstić information content (AvgIpc) is 3.39. The standard InChI is InChI=1S/C23H20ClN5O2S/c1-14-6-8-16(9-7-14)29-21-18(12-26-29)22(31)28-17(13-32-23(28)27-21)10-20(30)25-11-15-4-2-3-5-19(15)24/h2-9,12,17H,10-11,13H2,1H3,(H,25,30). The molecule has 0 aliphatic carbocycles. The number of rotatable bonds is 5. The van der Waals surface area contributed by atoms with E-state index in [-0.39, 0.29) is 23.9 Å². The number of halogens is 1. The Morgan fingerprint density at radius 1 is 1.22 bits per heavy atom. The first-order valence-electron chi connectivity index (χ1n) is 10.2. The Balaban J connectivity index is 1.38. The molecular weight excluding hydrogens is 446 g/mol. The fourth-order valence-corrected chi connectivity index (χ4v) is 5.11. The molecule has 4 aromatic rings. The van der Waals surface area contributed by atoms with Gasteiger partial charge in [-0.15, -0.1) is 0 Å². The van der Waals surface area contributed by atoms with Crippen molar-refractivity contribution in [3.63, 3.8) is 0 Å². The third-order valence-corrected chi connectivity index (χ3v) is 6.97. The van der Waals surface area contributed by atoms with Gasteiger partial charge in [0.05, 0.1) is 17.9 Å². The molecule has 1 N–H and O–H groups in total. The molecule has 1 aliphatic rings. The fraction of sp³-hybridized carbons (Fsp3) is 0.217. The van der Waals surface area contributed by atoms with Crippen LogP contribution in [0.1, 0.15) is 23.6 Å². The second-order valence-electron chi connectivity index (χ2n) is 7.74. The molecule has 2 aromatic heterocycles. The van der Waals surface area contributed by atoms with Crippen molar-refractivity contribution >= 4 is 40.3 Å². The predicted molar refractivity (Wildman–Crippen MR) is 126 cm³/mol. The number of benzene rings is 2. The number of thioether (sulfide) groups is 1. The summed E-state index contributed by atoms with van der Waals surface area (Å²) in [5, 5.41) is 8.96. The van der Waals surface area contributed by atoms with E-state index in [0.29, 0.717) is 33.5 Å². The molecule has 5 rings (SSSR count). The molecule has 0 fully saturated rings. The van der Waals surface area contributed by atoms with E-state index in [1.54, 1.807) is 21.5 Å². The molecule has 0 spiro atoms. The predicted octanol–water partition coefficient (Wildman–Crippen LogP) is 3.90. The van der Waals surface area contributed by atoms with Gasteiger partial charge in [0, 0.05) is 23.7 Å². The first kappa shape index (κ1) is 20.8. The Labute approximate surface area is 193 Å². The summed E-state index contributed by atoms with van der Waals surface area (Å²) in [5.74, 6) is 0.484. The molecule has 0 saturated heterocycles.